The van der Waals surface area contributed by atoms with Crippen LogP contribution in [-0.2, 0) is 4.74 Å². The number of anilines is 1. The highest BCUT2D eigenvalue weighted by molar-refractivity contribution is 6.30. The molecule has 15 heavy (non-hydrogen) atoms. The summed E-state index contributed by atoms with van der Waals surface area (Å²) in [6.07, 6.45) is 1.59. The SMILES string of the molecule is COCCN(CCO)c1ccc(Cl)cn1. The second kappa shape index (κ2) is 6.61. The van der Waals surface area contributed by atoms with E-state index in [1.165, 1.54) is 0 Å². The van der Waals surface area contributed by atoms with E-state index in [1.54, 1.807) is 19.4 Å². The van der Waals surface area contributed by atoms with Crippen molar-refractivity contribution >= 4 is 17.4 Å². The Morgan fingerprint density at radius 2 is 2.27 bits per heavy atom. The van der Waals surface area contributed by atoms with E-state index in [-0.39, 0.29) is 6.61 Å². The summed E-state index contributed by atoms with van der Waals surface area (Å²) in [7, 11) is 1.65. The third kappa shape index (κ3) is 4.03. The molecule has 4 nitrogen and oxygen atoms in total. The summed E-state index contributed by atoms with van der Waals surface area (Å²) >= 11 is 5.74. The van der Waals surface area contributed by atoms with Crippen LogP contribution in [0.2, 0.25) is 5.02 Å². The van der Waals surface area contributed by atoms with Crippen LogP contribution in [0.1, 0.15) is 0 Å². The summed E-state index contributed by atoms with van der Waals surface area (Å²) in [4.78, 5) is 6.12. The molecule has 84 valence electrons. The molecular formula is C10H15ClN2O2. The molecule has 0 saturated heterocycles. The number of aromatic nitrogens is 1. The van der Waals surface area contributed by atoms with Crippen LogP contribution < -0.4 is 4.90 Å². The first-order chi connectivity index (χ1) is 7.27. The maximum atomic E-state index is 8.92. The van der Waals surface area contributed by atoms with Crippen molar-refractivity contribution in [2.45, 2.75) is 0 Å². The van der Waals surface area contributed by atoms with E-state index in [2.05, 4.69) is 4.98 Å². The van der Waals surface area contributed by atoms with Gasteiger partial charge in [0.15, 0.2) is 0 Å². The average molecular weight is 231 g/mol. The van der Waals surface area contributed by atoms with E-state index in [0.717, 1.165) is 5.82 Å². The van der Waals surface area contributed by atoms with Gasteiger partial charge >= 0.3 is 0 Å². The summed E-state index contributed by atoms with van der Waals surface area (Å²) in [5.74, 6) is 0.797. The van der Waals surface area contributed by atoms with Crippen LogP contribution >= 0.6 is 11.6 Å². The third-order valence-electron chi connectivity index (χ3n) is 1.97. The molecule has 0 radical (unpaired) electrons. The average Bonchev–Trinajstić information content (AvgIpc) is 2.25. The third-order valence-corrected chi connectivity index (χ3v) is 2.19. The first kappa shape index (κ1) is 12.2. The number of pyridine rings is 1. The molecule has 0 saturated carbocycles. The number of ether oxygens (including phenoxy) is 1. The largest absolute Gasteiger partial charge is 0.395 e. The van der Waals surface area contributed by atoms with Gasteiger partial charge in [0.2, 0.25) is 0 Å². The fourth-order valence-corrected chi connectivity index (χ4v) is 1.33. The van der Waals surface area contributed by atoms with Crippen molar-refractivity contribution in [2.75, 3.05) is 38.3 Å². The first-order valence-corrected chi connectivity index (χ1v) is 5.12. The normalized spacial score (nSPS) is 10.3. The fourth-order valence-electron chi connectivity index (χ4n) is 1.22. The Morgan fingerprint density at radius 3 is 2.80 bits per heavy atom. The molecule has 0 fully saturated rings. The molecule has 0 atom stereocenters. The Labute approximate surface area is 94.4 Å². The Morgan fingerprint density at radius 1 is 1.47 bits per heavy atom. The Kier molecular flexibility index (Phi) is 5.39. The second-order valence-corrected chi connectivity index (χ2v) is 3.47. The number of nitrogens with zero attached hydrogens (tertiary/aromatic N) is 2. The van der Waals surface area contributed by atoms with Crippen LogP contribution in [0.15, 0.2) is 18.3 Å². The van der Waals surface area contributed by atoms with E-state index in [1.807, 2.05) is 11.0 Å². The van der Waals surface area contributed by atoms with Gasteiger partial charge in [0.05, 0.1) is 18.2 Å². The van der Waals surface area contributed by atoms with Crippen molar-refractivity contribution in [1.29, 1.82) is 0 Å². The summed E-state index contributed by atoms with van der Waals surface area (Å²) in [5, 5.41) is 9.52. The monoisotopic (exact) mass is 230 g/mol. The molecule has 1 aromatic heterocycles. The molecule has 0 amide bonds. The lowest BCUT2D eigenvalue weighted by atomic mass is 10.4. The van der Waals surface area contributed by atoms with Gasteiger partial charge in [-0.05, 0) is 12.1 Å². The smallest absolute Gasteiger partial charge is 0.128 e. The van der Waals surface area contributed by atoms with Gasteiger partial charge in [-0.25, -0.2) is 4.98 Å². The topological polar surface area (TPSA) is 45.6 Å². The predicted octanol–water partition coefficient (Wildman–Crippen LogP) is 1.18. The molecule has 0 unspecified atom stereocenters. The molecule has 0 aliphatic carbocycles. The minimum atomic E-state index is 0.0913. The van der Waals surface area contributed by atoms with Gasteiger partial charge in [-0.2, -0.15) is 0 Å². The van der Waals surface area contributed by atoms with Gasteiger partial charge in [0.1, 0.15) is 5.82 Å². The van der Waals surface area contributed by atoms with Crippen molar-refractivity contribution in [3.8, 4) is 0 Å². The van der Waals surface area contributed by atoms with Crippen LogP contribution in [0, 0.1) is 0 Å². The minimum Gasteiger partial charge on any atom is -0.395 e. The van der Waals surface area contributed by atoms with Gasteiger partial charge in [0, 0.05) is 26.4 Å². The fraction of sp³-hybridized carbons (Fsp3) is 0.500. The van der Waals surface area contributed by atoms with Crippen LogP contribution in [0.3, 0.4) is 0 Å². The molecule has 0 spiro atoms. The summed E-state index contributed by atoms with van der Waals surface area (Å²) in [6, 6.07) is 3.61. The van der Waals surface area contributed by atoms with Gasteiger partial charge in [0.25, 0.3) is 0 Å². The highest BCUT2D eigenvalue weighted by Crippen LogP contribution is 2.13. The number of aliphatic hydroxyl groups is 1. The number of halogens is 1. The lowest BCUT2D eigenvalue weighted by Crippen LogP contribution is -2.30. The van der Waals surface area contributed by atoms with Crippen LogP contribution in [-0.4, -0.2) is 43.5 Å². The molecule has 5 heteroatoms. The lowest BCUT2D eigenvalue weighted by molar-refractivity contribution is 0.202. The van der Waals surface area contributed by atoms with E-state index in [9.17, 15) is 0 Å². The van der Waals surface area contributed by atoms with Gasteiger partial charge < -0.3 is 14.7 Å². The van der Waals surface area contributed by atoms with Crippen LogP contribution in [0.4, 0.5) is 5.82 Å². The number of methoxy groups -OCH3 is 1. The summed E-state index contributed by atoms with van der Waals surface area (Å²) < 4.78 is 4.99. The summed E-state index contributed by atoms with van der Waals surface area (Å²) in [6.45, 7) is 1.93. The Bertz CT molecular complexity index is 279. The van der Waals surface area contributed by atoms with E-state index in [0.29, 0.717) is 24.7 Å². The number of aliphatic hydroxyl groups excluding tert-OH is 1. The molecule has 0 aliphatic heterocycles. The maximum absolute atomic E-state index is 8.92. The molecule has 1 heterocycles. The molecule has 0 bridgehead atoms. The zero-order valence-electron chi connectivity index (χ0n) is 8.69. The number of hydrogen-bond acceptors (Lipinski definition) is 4. The van der Waals surface area contributed by atoms with Crippen LogP contribution in [0.25, 0.3) is 0 Å². The molecule has 1 aromatic rings. The van der Waals surface area contributed by atoms with Crippen molar-refractivity contribution in [2.24, 2.45) is 0 Å². The summed E-state index contributed by atoms with van der Waals surface area (Å²) in [5.41, 5.74) is 0. The van der Waals surface area contributed by atoms with Crippen molar-refractivity contribution in [3.05, 3.63) is 23.4 Å². The molecule has 0 aromatic carbocycles. The van der Waals surface area contributed by atoms with Crippen LogP contribution in [0.5, 0.6) is 0 Å². The number of hydrogen-bond donors (Lipinski definition) is 1. The van der Waals surface area contributed by atoms with Gasteiger partial charge in [-0.1, -0.05) is 11.6 Å². The van der Waals surface area contributed by atoms with Gasteiger partial charge in [-0.15, -0.1) is 0 Å². The predicted molar refractivity (Wildman–Crippen MR) is 60.4 cm³/mol. The zero-order chi connectivity index (χ0) is 11.1. The maximum Gasteiger partial charge on any atom is 0.128 e. The quantitative estimate of drug-likeness (QED) is 0.797. The van der Waals surface area contributed by atoms with Crippen molar-refractivity contribution in [3.63, 3.8) is 0 Å². The molecule has 0 aliphatic rings. The lowest BCUT2D eigenvalue weighted by Gasteiger charge is -2.22. The van der Waals surface area contributed by atoms with Crippen molar-refractivity contribution in [1.82, 2.24) is 4.98 Å². The molecule has 1 rings (SSSR count). The van der Waals surface area contributed by atoms with Gasteiger partial charge in [-0.3, -0.25) is 0 Å². The van der Waals surface area contributed by atoms with Crippen molar-refractivity contribution < 1.29 is 9.84 Å². The number of rotatable bonds is 6. The highest BCUT2D eigenvalue weighted by atomic mass is 35.5. The Balaban J connectivity index is 2.65. The standard InChI is InChI=1S/C10H15ClN2O2/c1-15-7-5-13(4-6-14)10-3-2-9(11)8-12-10/h2-3,8,14H,4-7H2,1H3. The van der Waals surface area contributed by atoms with E-state index >= 15 is 0 Å². The zero-order valence-corrected chi connectivity index (χ0v) is 9.44. The molecular weight excluding hydrogens is 216 g/mol. The van der Waals surface area contributed by atoms with E-state index < -0.39 is 0 Å². The first-order valence-electron chi connectivity index (χ1n) is 4.74. The van der Waals surface area contributed by atoms with E-state index in [4.69, 9.17) is 21.4 Å². The second-order valence-electron chi connectivity index (χ2n) is 3.04. The minimum absolute atomic E-state index is 0.0913. The Hall–Kier alpha value is -0.840. The highest BCUT2D eigenvalue weighted by Gasteiger charge is 2.06. The molecule has 1 N–H and O–H groups in total.